The quantitative estimate of drug-likeness (QED) is 0.731. The van der Waals surface area contributed by atoms with Crippen molar-refractivity contribution >= 4 is 33.7 Å². The SMILES string of the molecule is COc1ccc(/C=C/c2nc3sc4c(c3c(=O)[nH]2)CC[C@H](C)C4)cc1OC. The second kappa shape index (κ2) is 7.19. The number of aromatic nitrogens is 2. The molecule has 1 aromatic carbocycles. The molecular weight excluding hydrogens is 360 g/mol. The van der Waals surface area contributed by atoms with Crippen LogP contribution in [0, 0.1) is 5.92 Å². The Morgan fingerprint density at radius 2 is 2.04 bits per heavy atom. The molecule has 0 saturated carbocycles. The number of H-pyrrole nitrogens is 1. The number of thiophene rings is 1. The molecule has 140 valence electrons. The van der Waals surface area contributed by atoms with E-state index in [0.717, 1.165) is 35.0 Å². The van der Waals surface area contributed by atoms with Crippen LogP contribution in [0.25, 0.3) is 22.4 Å². The molecule has 0 saturated heterocycles. The third-order valence-electron chi connectivity index (χ3n) is 5.03. The van der Waals surface area contributed by atoms with Gasteiger partial charge in [-0.25, -0.2) is 4.98 Å². The third kappa shape index (κ3) is 3.37. The molecule has 27 heavy (non-hydrogen) atoms. The first-order chi connectivity index (χ1) is 13.1. The van der Waals surface area contributed by atoms with Crippen molar-refractivity contribution < 1.29 is 9.47 Å². The van der Waals surface area contributed by atoms with Crippen LogP contribution in [-0.2, 0) is 12.8 Å². The molecule has 5 nitrogen and oxygen atoms in total. The van der Waals surface area contributed by atoms with Crippen molar-refractivity contribution in [2.45, 2.75) is 26.2 Å². The van der Waals surface area contributed by atoms with Crippen LogP contribution in [0.1, 0.15) is 35.2 Å². The molecule has 1 N–H and O–H groups in total. The van der Waals surface area contributed by atoms with Crippen LogP contribution < -0.4 is 15.0 Å². The zero-order valence-electron chi connectivity index (χ0n) is 15.7. The summed E-state index contributed by atoms with van der Waals surface area (Å²) in [4.78, 5) is 22.4. The average molecular weight is 382 g/mol. The molecule has 4 rings (SSSR count). The van der Waals surface area contributed by atoms with Crippen molar-refractivity contribution in [2.75, 3.05) is 14.2 Å². The third-order valence-corrected chi connectivity index (χ3v) is 6.17. The Kier molecular flexibility index (Phi) is 4.74. The molecule has 0 bridgehead atoms. The molecule has 1 atom stereocenters. The Balaban J connectivity index is 1.69. The van der Waals surface area contributed by atoms with Gasteiger partial charge in [-0.2, -0.15) is 0 Å². The number of aryl methyl sites for hydroxylation is 1. The Morgan fingerprint density at radius 1 is 1.22 bits per heavy atom. The van der Waals surface area contributed by atoms with Gasteiger partial charge >= 0.3 is 0 Å². The van der Waals surface area contributed by atoms with Crippen molar-refractivity contribution in [3.8, 4) is 11.5 Å². The highest BCUT2D eigenvalue weighted by Crippen LogP contribution is 2.35. The number of fused-ring (bicyclic) bond motifs is 3. The smallest absolute Gasteiger partial charge is 0.260 e. The molecule has 0 aliphatic heterocycles. The summed E-state index contributed by atoms with van der Waals surface area (Å²) in [7, 11) is 3.22. The fourth-order valence-electron chi connectivity index (χ4n) is 3.58. The molecule has 0 amide bonds. The Labute approximate surface area is 161 Å². The number of methoxy groups -OCH3 is 2. The molecule has 0 unspecified atom stereocenters. The fraction of sp³-hybridized carbons (Fsp3) is 0.333. The minimum Gasteiger partial charge on any atom is -0.493 e. The van der Waals surface area contributed by atoms with E-state index in [9.17, 15) is 4.79 Å². The van der Waals surface area contributed by atoms with Gasteiger partial charge in [0.05, 0.1) is 19.6 Å². The van der Waals surface area contributed by atoms with Gasteiger partial charge in [0.2, 0.25) is 0 Å². The van der Waals surface area contributed by atoms with E-state index in [2.05, 4.69) is 16.9 Å². The van der Waals surface area contributed by atoms with E-state index in [0.29, 0.717) is 23.2 Å². The van der Waals surface area contributed by atoms with Gasteiger partial charge in [-0.1, -0.05) is 19.1 Å². The van der Waals surface area contributed by atoms with Gasteiger partial charge in [0.25, 0.3) is 5.56 Å². The van der Waals surface area contributed by atoms with Crippen LogP contribution in [0.5, 0.6) is 11.5 Å². The van der Waals surface area contributed by atoms with Gasteiger partial charge in [-0.05, 0) is 54.5 Å². The minimum atomic E-state index is -0.0426. The van der Waals surface area contributed by atoms with Gasteiger partial charge in [0.15, 0.2) is 11.5 Å². The first kappa shape index (κ1) is 17.8. The summed E-state index contributed by atoms with van der Waals surface area (Å²) in [5, 5.41) is 0.783. The fourth-order valence-corrected chi connectivity index (χ4v) is 4.97. The van der Waals surface area contributed by atoms with Gasteiger partial charge in [0, 0.05) is 4.88 Å². The van der Waals surface area contributed by atoms with E-state index >= 15 is 0 Å². The first-order valence-corrected chi connectivity index (χ1v) is 9.85. The molecule has 0 radical (unpaired) electrons. The van der Waals surface area contributed by atoms with Crippen molar-refractivity contribution in [1.82, 2.24) is 9.97 Å². The van der Waals surface area contributed by atoms with Gasteiger partial charge in [-0.3, -0.25) is 4.79 Å². The molecule has 2 aromatic heterocycles. The predicted molar refractivity (Wildman–Crippen MR) is 110 cm³/mol. The van der Waals surface area contributed by atoms with E-state index in [4.69, 9.17) is 9.47 Å². The van der Waals surface area contributed by atoms with Crippen LogP contribution >= 0.6 is 11.3 Å². The van der Waals surface area contributed by atoms with Crippen molar-refractivity contribution in [1.29, 1.82) is 0 Å². The molecule has 0 fully saturated rings. The zero-order chi connectivity index (χ0) is 19.0. The number of nitrogens with zero attached hydrogens (tertiary/aromatic N) is 1. The van der Waals surface area contributed by atoms with Gasteiger partial charge < -0.3 is 14.5 Å². The summed E-state index contributed by atoms with van der Waals surface area (Å²) in [6.07, 6.45) is 6.89. The van der Waals surface area contributed by atoms with E-state index in [1.165, 1.54) is 10.4 Å². The topological polar surface area (TPSA) is 64.2 Å². The number of aromatic amines is 1. The van der Waals surface area contributed by atoms with Crippen molar-refractivity contribution in [2.24, 2.45) is 5.92 Å². The Morgan fingerprint density at radius 3 is 2.81 bits per heavy atom. The number of nitrogens with one attached hydrogen (secondary N) is 1. The summed E-state index contributed by atoms with van der Waals surface area (Å²) < 4.78 is 10.6. The maximum atomic E-state index is 12.7. The van der Waals surface area contributed by atoms with Crippen molar-refractivity contribution in [3.05, 3.63) is 50.4 Å². The summed E-state index contributed by atoms with van der Waals surface area (Å²) >= 11 is 1.66. The number of benzene rings is 1. The molecule has 1 aliphatic carbocycles. The zero-order valence-corrected chi connectivity index (χ0v) is 16.5. The summed E-state index contributed by atoms with van der Waals surface area (Å²) in [6.45, 7) is 2.27. The highest BCUT2D eigenvalue weighted by Gasteiger charge is 2.22. The monoisotopic (exact) mass is 382 g/mol. The van der Waals surface area contributed by atoms with Crippen molar-refractivity contribution in [3.63, 3.8) is 0 Å². The maximum absolute atomic E-state index is 12.7. The summed E-state index contributed by atoms with van der Waals surface area (Å²) in [5.41, 5.74) is 2.10. The molecule has 6 heteroatoms. The molecule has 0 spiro atoms. The second-order valence-corrected chi connectivity index (χ2v) is 8.01. The predicted octanol–water partition coefficient (Wildman–Crippen LogP) is 4.30. The van der Waals surface area contributed by atoms with E-state index in [1.807, 2.05) is 30.4 Å². The summed E-state index contributed by atoms with van der Waals surface area (Å²) in [6, 6.07) is 5.67. The Hall–Kier alpha value is -2.60. The number of rotatable bonds is 4. The molecule has 1 aliphatic rings. The number of ether oxygens (including phenoxy) is 2. The summed E-state index contributed by atoms with van der Waals surface area (Å²) in [5.74, 6) is 2.58. The Bertz CT molecular complexity index is 1080. The lowest BCUT2D eigenvalue weighted by atomic mass is 9.89. The van der Waals surface area contributed by atoms with Gasteiger partial charge in [0.1, 0.15) is 10.7 Å². The van der Waals surface area contributed by atoms with Crippen LogP contribution in [0.2, 0.25) is 0 Å². The highest BCUT2D eigenvalue weighted by molar-refractivity contribution is 7.18. The van der Waals surface area contributed by atoms with Crippen LogP contribution in [0.4, 0.5) is 0 Å². The standard InChI is InChI=1S/C21H22N2O3S/c1-12-4-7-14-17(10-12)27-21-19(14)20(24)22-18(23-21)9-6-13-5-8-15(25-2)16(11-13)26-3/h5-6,8-9,11-12H,4,7,10H2,1-3H3,(H,22,23,24)/b9-6+/t12-/m0/s1. The first-order valence-electron chi connectivity index (χ1n) is 9.03. The molecule has 2 heterocycles. The van der Waals surface area contributed by atoms with Gasteiger partial charge in [-0.15, -0.1) is 11.3 Å². The number of hydrogen-bond acceptors (Lipinski definition) is 5. The van der Waals surface area contributed by atoms with E-state index < -0.39 is 0 Å². The lowest BCUT2D eigenvalue weighted by molar-refractivity contribution is 0.355. The van der Waals surface area contributed by atoms with Crippen LogP contribution in [-0.4, -0.2) is 24.2 Å². The largest absolute Gasteiger partial charge is 0.493 e. The average Bonchev–Trinajstić information content (AvgIpc) is 3.03. The van der Waals surface area contributed by atoms with E-state index in [1.54, 1.807) is 25.6 Å². The lowest BCUT2D eigenvalue weighted by Gasteiger charge is -2.17. The minimum absolute atomic E-state index is 0.0426. The second-order valence-electron chi connectivity index (χ2n) is 6.93. The van der Waals surface area contributed by atoms with E-state index in [-0.39, 0.29) is 5.56 Å². The number of hydrogen-bond donors (Lipinski definition) is 1. The lowest BCUT2D eigenvalue weighted by Crippen LogP contribution is -2.13. The molecule has 3 aromatic rings. The maximum Gasteiger partial charge on any atom is 0.260 e. The van der Waals surface area contributed by atoms with Crippen LogP contribution in [0.15, 0.2) is 23.0 Å². The highest BCUT2D eigenvalue weighted by atomic mass is 32.1. The normalized spacial score (nSPS) is 16.6. The molecular formula is C21H22N2O3S. The van der Waals surface area contributed by atoms with Crippen LogP contribution in [0.3, 0.4) is 0 Å².